The molecule has 0 aromatic heterocycles. The molecule has 5 heteroatoms. The molecule has 2 atom stereocenters. The van der Waals surface area contributed by atoms with Gasteiger partial charge in [0.25, 0.3) is 0 Å². The monoisotopic (exact) mass is 305 g/mol. The first-order chi connectivity index (χ1) is 8.31. The maximum absolute atomic E-state index is 12.1. The highest BCUT2D eigenvalue weighted by Crippen LogP contribution is 2.19. The molecular weight excluding hydrogens is 286 g/mol. The van der Waals surface area contributed by atoms with Crippen LogP contribution in [0.15, 0.2) is 0 Å². The number of hydrogen-bond donors (Lipinski definition) is 0. The van der Waals surface area contributed by atoms with Crippen LogP contribution in [-0.2, 0) is 14.3 Å². The molecule has 0 aliphatic carbocycles. The lowest BCUT2D eigenvalue weighted by atomic mass is 10.1. The van der Waals surface area contributed by atoms with Crippen LogP contribution in [0, 0.1) is 0 Å². The van der Waals surface area contributed by atoms with Crippen molar-refractivity contribution in [1.82, 2.24) is 4.90 Å². The molecule has 2 aliphatic rings. The van der Waals surface area contributed by atoms with Crippen LogP contribution >= 0.6 is 15.9 Å². The van der Waals surface area contributed by atoms with Gasteiger partial charge in [-0.2, -0.15) is 0 Å². The van der Waals surface area contributed by atoms with Crippen molar-refractivity contribution >= 4 is 21.8 Å². The van der Waals surface area contributed by atoms with Crippen LogP contribution in [0.3, 0.4) is 0 Å². The zero-order valence-electron chi connectivity index (χ0n) is 10.1. The quantitative estimate of drug-likeness (QED) is 0.740. The smallest absolute Gasteiger partial charge is 0.223 e. The average molecular weight is 306 g/mol. The number of carbonyl (C=O) groups excluding carboxylic acids is 1. The Morgan fingerprint density at radius 1 is 1.41 bits per heavy atom. The number of amides is 1. The molecule has 2 rings (SSSR count). The van der Waals surface area contributed by atoms with E-state index in [-0.39, 0.29) is 11.9 Å². The third-order valence-electron chi connectivity index (χ3n) is 3.43. The largest absolute Gasteiger partial charge is 0.378 e. The number of morpholine rings is 1. The van der Waals surface area contributed by atoms with E-state index in [0.29, 0.717) is 25.7 Å². The van der Waals surface area contributed by atoms with Crippen LogP contribution in [0.5, 0.6) is 0 Å². The molecule has 0 aromatic rings. The Kier molecular flexibility index (Phi) is 5.25. The van der Waals surface area contributed by atoms with Gasteiger partial charge in [-0.3, -0.25) is 4.79 Å². The highest BCUT2D eigenvalue weighted by atomic mass is 79.9. The number of nitrogens with zero attached hydrogens (tertiary/aromatic N) is 1. The molecule has 0 N–H and O–H groups in total. The van der Waals surface area contributed by atoms with Crippen LogP contribution in [0.1, 0.15) is 25.7 Å². The predicted molar refractivity (Wildman–Crippen MR) is 68.3 cm³/mol. The third kappa shape index (κ3) is 3.66. The maximum atomic E-state index is 12.1. The first-order valence-corrected chi connectivity index (χ1v) is 7.48. The predicted octanol–water partition coefficient (Wildman–Crippen LogP) is 1.57. The highest BCUT2D eigenvalue weighted by molar-refractivity contribution is 9.09. The molecule has 0 bridgehead atoms. The van der Waals surface area contributed by atoms with E-state index in [4.69, 9.17) is 9.47 Å². The molecule has 17 heavy (non-hydrogen) atoms. The summed E-state index contributed by atoms with van der Waals surface area (Å²) in [5.74, 6) is 0.244. The first kappa shape index (κ1) is 13.3. The molecule has 0 radical (unpaired) electrons. The summed E-state index contributed by atoms with van der Waals surface area (Å²) in [6.45, 7) is 2.90. The Bertz CT molecular complexity index is 256. The molecule has 0 saturated carbocycles. The van der Waals surface area contributed by atoms with Crippen molar-refractivity contribution < 1.29 is 14.3 Å². The minimum absolute atomic E-state index is 0.195. The summed E-state index contributed by atoms with van der Waals surface area (Å²) in [4.78, 5) is 14.1. The summed E-state index contributed by atoms with van der Waals surface area (Å²) in [7, 11) is 0. The normalized spacial score (nSPS) is 29.6. The lowest BCUT2D eigenvalue weighted by Crippen LogP contribution is -2.49. The molecule has 0 aromatic carbocycles. The van der Waals surface area contributed by atoms with Crippen LogP contribution in [0.4, 0.5) is 0 Å². The topological polar surface area (TPSA) is 38.8 Å². The van der Waals surface area contributed by atoms with Gasteiger partial charge in [-0.05, 0) is 19.3 Å². The van der Waals surface area contributed by atoms with E-state index in [1.54, 1.807) is 0 Å². The molecule has 4 nitrogen and oxygen atoms in total. The molecule has 2 saturated heterocycles. The Hall–Kier alpha value is -0.130. The second-order valence-electron chi connectivity index (χ2n) is 4.64. The number of halogens is 1. The van der Waals surface area contributed by atoms with Crippen LogP contribution in [-0.4, -0.2) is 54.6 Å². The fourth-order valence-electron chi connectivity index (χ4n) is 2.41. The molecule has 98 valence electrons. The van der Waals surface area contributed by atoms with Crippen molar-refractivity contribution in [3.63, 3.8) is 0 Å². The molecular formula is C12H20BrNO3. The Balaban J connectivity index is 1.76. The van der Waals surface area contributed by atoms with E-state index in [2.05, 4.69) is 15.9 Å². The second-order valence-corrected chi connectivity index (χ2v) is 5.29. The Labute approximate surface area is 111 Å². The van der Waals surface area contributed by atoms with Gasteiger partial charge in [0.1, 0.15) is 0 Å². The van der Waals surface area contributed by atoms with E-state index in [0.717, 1.165) is 37.7 Å². The van der Waals surface area contributed by atoms with Gasteiger partial charge in [0.15, 0.2) is 0 Å². The zero-order chi connectivity index (χ0) is 12.1. The summed E-state index contributed by atoms with van der Waals surface area (Å²) < 4.78 is 10.9. The highest BCUT2D eigenvalue weighted by Gasteiger charge is 2.27. The number of alkyl halides is 1. The van der Waals surface area contributed by atoms with Gasteiger partial charge < -0.3 is 14.4 Å². The lowest BCUT2D eigenvalue weighted by Gasteiger charge is -2.34. The Morgan fingerprint density at radius 2 is 2.29 bits per heavy atom. The van der Waals surface area contributed by atoms with Gasteiger partial charge in [-0.15, -0.1) is 0 Å². The van der Waals surface area contributed by atoms with Crippen molar-refractivity contribution in [2.75, 3.05) is 31.7 Å². The second kappa shape index (κ2) is 6.71. The first-order valence-electron chi connectivity index (χ1n) is 6.36. The van der Waals surface area contributed by atoms with Crippen molar-refractivity contribution in [2.45, 2.75) is 37.8 Å². The molecule has 2 aliphatic heterocycles. The van der Waals surface area contributed by atoms with E-state index < -0.39 is 0 Å². The minimum atomic E-state index is 0.195. The van der Waals surface area contributed by atoms with Crippen molar-refractivity contribution in [1.29, 1.82) is 0 Å². The van der Waals surface area contributed by atoms with Gasteiger partial charge in [-0.1, -0.05) is 15.9 Å². The van der Waals surface area contributed by atoms with Crippen molar-refractivity contribution in [3.05, 3.63) is 0 Å². The van der Waals surface area contributed by atoms with Gasteiger partial charge in [0, 0.05) is 24.9 Å². The number of ether oxygens (including phenoxy) is 2. The molecule has 0 spiro atoms. The van der Waals surface area contributed by atoms with Crippen LogP contribution in [0.25, 0.3) is 0 Å². The number of hydrogen-bond acceptors (Lipinski definition) is 3. The standard InChI is InChI=1S/C12H20BrNO3/c13-8-10-9-16-7-5-14(10)12(15)4-3-11-2-1-6-17-11/h10-11H,1-9H2. The van der Waals surface area contributed by atoms with Crippen molar-refractivity contribution in [2.24, 2.45) is 0 Å². The van der Waals surface area contributed by atoms with E-state index >= 15 is 0 Å². The van der Waals surface area contributed by atoms with E-state index in [1.165, 1.54) is 0 Å². The summed E-state index contributed by atoms with van der Waals surface area (Å²) in [6.07, 6.45) is 4.03. The molecule has 2 fully saturated rings. The molecule has 2 unspecified atom stereocenters. The summed E-state index contributed by atoms with van der Waals surface area (Å²) in [6, 6.07) is 0.195. The van der Waals surface area contributed by atoms with Gasteiger partial charge in [0.2, 0.25) is 5.91 Å². The molecule has 2 heterocycles. The summed E-state index contributed by atoms with van der Waals surface area (Å²) >= 11 is 3.44. The maximum Gasteiger partial charge on any atom is 0.223 e. The lowest BCUT2D eigenvalue weighted by molar-refractivity contribution is -0.139. The zero-order valence-corrected chi connectivity index (χ0v) is 11.7. The van der Waals surface area contributed by atoms with E-state index in [1.807, 2.05) is 4.90 Å². The third-order valence-corrected chi connectivity index (χ3v) is 4.18. The number of rotatable bonds is 4. The van der Waals surface area contributed by atoms with Crippen LogP contribution < -0.4 is 0 Å². The summed E-state index contributed by atoms with van der Waals surface area (Å²) in [5, 5.41) is 0.790. The fraction of sp³-hybridized carbons (Fsp3) is 0.917. The van der Waals surface area contributed by atoms with Crippen molar-refractivity contribution in [3.8, 4) is 0 Å². The van der Waals surface area contributed by atoms with Gasteiger partial charge in [-0.25, -0.2) is 0 Å². The number of carbonyl (C=O) groups is 1. The minimum Gasteiger partial charge on any atom is -0.378 e. The van der Waals surface area contributed by atoms with Gasteiger partial charge >= 0.3 is 0 Å². The SMILES string of the molecule is O=C(CCC1CCCO1)N1CCOCC1CBr. The van der Waals surface area contributed by atoms with Crippen LogP contribution in [0.2, 0.25) is 0 Å². The fourth-order valence-corrected chi connectivity index (χ4v) is 2.95. The molecule has 1 amide bonds. The summed E-state index contributed by atoms with van der Waals surface area (Å²) in [5.41, 5.74) is 0. The van der Waals surface area contributed by atoms with Gasteiger partial charge in [0.05, 0.1) is 25.4 Å². The Morgan fingerprint density at radius 3 is 3.00 bits per heavy atom. The average Bonchev–Trinajstić information content (AvgIpc) is 2.89. The van der Waals surface area contributed by atoms with E-state index in [9.17, 15) is 4.79 Å².